The molecule has 0 atom stereocenters. The van der Waals surface area contributed by atoms with Crippen molar-refractivity contribution in [3.63, 3.8) is 0 Å². The van der Waals surface area contributed by atoms with E-state index in [1.165, 1.54) is 5.56 Å². The maximum atomic E-state index is 5.98. The molecular formula is C15H14ClN. The average Bonchev–Trinajstić information content (AvgIpc) is 2.27. The summed E-state index contributed by atoms with van der Waals surface area (Å²) in [7, 11) is 0. The van der Waals surface area contributed by atoms with Crippen LogP contribution in [-0.2, 0) is 0 Å². The first-order valence-electron chi connectivity index (χ1n) is 5.51. The van der Waals surface area contributed by atoms with Crippen LogP contribution in [0.1, 0.15) is 16.7 Å². The average molecular weight is 244 g/mol. The molecular weight excluding hydrogens is 230 g/mol. The number of hydrogen-bond donors (Lipinski definition) is 0. The van der Waals surface area contributed by atoms with E-state index in [9.17, 15) is 0 Å². The summed E-state index contributed by atoms with van der Waals surface area (Å²) < 4.78 is 0. The van der Waals surface area contributed by atoms with Crippen LogP contribution in [0.25, 0.3) is 0 Å². The lowest BCUT2D eigenvalue weighted by molar-refractivity contribution is 1.42. The first kappa shape index (κ1) is 11.9. The number of benzene rings is 2. The van der Waals surface area contributed by atoms with E-state index < -0.39 is 0 Å². The molecule has 17 heavy (non-hydrogen) atoms. The molecule has 2 aromatic carbocycles. The van der Waals surface area contributed by atoms with E-state index in [1.807, 2.05) is 31.3 Å². The number of aliphatic imine (C=N–C) groups is 1. The van der Waals surface area contributed by atoms with E-state index in [0.717, 1.165) is 21.8 Å². The van der Waals surface area contributed by atoms with Crippen molar-refractivity contribution in [2.75, 3.05) is 0 Å². The highest BCUT2D eigenvalue weighted by atomic mass is 35.5. The quantitative estimate of drug-likeness (QED) is 0.678. The van der Waals surface area contributed by atoms with Gasteiger partial charge in [0.1, 0.15) is 0 Å². The van der Waals surface area contributed by atoms with Gasteiger partial charge in [0.05, 0.1) is 5.69 Å². The van der Waals surface area contributed by atoms with Crippen molar-refractivity contribution < 1.29 is 0 Å². The maximum absolute atomic E-state index is 5.98. The third-order valence-electron chi connectivity index (χ3n) is 2.47. The van der Waals surface area contributed by atoms with Gasteiger partial charge in [-0.2, -0.15) is 0 Å². The second-order valence-corrected chi connectivity index (χ2v) is 4.59. The first-order valence-corrected chi connectivity index (χ1v) is 5.89. The zero-order valence-corrected chi connectivity index (χ0v) is 10.7. The first-order chi connectivity index (χ1) is 8.13. The standard InChI is InChI=1S/C15H14ClN/c1-11-3-5-13(6-4-11)10-17-15-8-12(2)7-14(16)9-15/h3-10H,1-2H3. The Balaban J connectivity index is 2.22. The molecule has 0 fully saturated rings. The van der Waals surface area contributed by atoms with E-state index in [2.05, 4.69) is 36.2 Å². The molecule has 0 saturated heterocycles. The lowest BCUT2D eigenvalue weighted by Gasteiger charge is -1.98. The van der Waals surface area contributed by atoms with Crippen LogP contribution in [0.3, 0.4) is 0 Å². The molecule has 1 nitrogen and oxygen atoms in total. The second kappa shape index (κ2) is 5.15. The number of halogens is 1. The van der Waals surface area contributed by atoms with Gasteiger partial charge in [0.15, 0.2) is 0 Å². The third kappa shape index (κ3) is 3.43. The molecule has 0 aliphatic carbocycles. The highest BCUT2D eigenvalue weighted by Crippen LogP contribution is 2.20. The van der Waals surface area contributed by atoms with E-state index in [4.69, 9.17) is 11.6 Å². The van der Waals surface area contributed by atoms with Crippen LogP contribution in [0.15, 0.2) is 47.5 Å². The molecule has 2 rings (SSSR count). The fraction of sp³-hybridized carbons (Fsp3) is 0.133. The van der Waals surface area contributed by atoms with E-state index in [-0.39, 0.29) is 0 Å². The molecule has 0 unspecified atom stereocenters. The van der Waals surface area contributed by atoms with Crippen LogP contribution < -0.4 is 0 Å². The Morgan fingerprint density at radius 3 is 2.29 bits per heavy atom. The minimum Gasteiger partial charge on any atom is -0.256 e. The van der Waals surface area contributed by atoms with Crippen molar-refractivity contribution in [1.82, 2.24) is 0 Å². The number of aryl methyl sites for hydroxylation is 2. The van der Waals surface area contributed by atoms with Crippen LogP contribution in [0.5, 0.6) is 0 Å². The molecule has 0 spiro atoms. The van der Waals surface area contributed by atoms with Crippen molar-refractivity contribution in [1.29, 1.82) is 0 Å². The van der Waals surface area contributed by atoms with Crippen molar-refractivity contribution >= 4 is 23.5 Å². The molecule has 0 aliphatic rings. The maximum Gasteiger partial charge on any atom is 0.0647 e. The van der Waals surface area contributed by atoms with Gasteiger partial charge in [-0.3, -0.25) is 4.99 Å². The van der Waals surface area contributed by atoms with Crippen molar-refractivity contribution in [2.45, 2.75) is 13.8 Å². The predicted molar refractivity (Wildman–Crippen MR) is 74.6 cm³/mol. The molecule has 0 aliphatic heterocycles. The Morgan fingerprint density at radius 1 is 0.941 bits per heavy atom. The Morgan fingerprint density at radius 2 is 1.65 bits per heavy atom. The van der Waals surface area contributed by atoms with E-state index >= 15 is 0 Å². The van der Waals surface area contributed by atoms with Crippen molar-refractivity contribution in [3.05, 3.63) is 64.2 Å². The van der Waals surface area contributed by atoms with Crippen LogP contribution in [0.4, 0.5) is 5.69 Å². The van der Waals surface area contributed by atoms with Gasteiger partial charge in [-0.15, -0.1) is 0 Å². The van der Waals surface area contributed by atoms with Gasteiger partial charge in [0.25, 0.3) is 0 Å². The summed E-state index contributed by atoms with van der Waals surface area (Å²) >= 11 is 5.98. The van der Waals surface area contributed by atoms with Gasteiger partial charge in [-0.05, 0) is 43.2 Å². The summed E-state index contributed by atoms with van der Waals surface area (Å²) in [6.07, 6.45) is 1.85. The van der Waals surface area contributed by atoms with Crippen LogP contribution >= 0.6 is 11.6 Å². The van der Waals surface area contributed by atoms with Crippen molar-refractivity contribution in [3.8, 4) is 0 Å². The number of nitrogens with zero attached hydrogens (tertiary/aromatic N) is 1. The lowest BCUT2D eigenvalue weighted by atomic mass is 10.2. The summed E-state index contributed by atoms with van der Waals surface area (Å²) in [5.74, 6) is 0. The van der Waals surface area contributed by atoms with Gasteiger partial charge in [-0.1, -0.05) is 41.4 Å². The van der Waals surface area contributed by atoms with Gasteiger partial charge in [-0.25, -0.2) is 0 Å². The molecule has 0 saturated carbocycles. The Labute approximate surface area is 107 Å². The SMILES string of the molecule is Cc1ccc(C=Nc2cc(C)cc(Cl)c2)cc1. The molecule has 2 aromatic rings. The predicted octanol–water partition coefficient (Wildman–Crippen LogP) is 4.71. The zero-order chi connectivity index (χ0) is 12.3. The summed E-state index contributed by atoms with van der Waals surface area (Å²) in [5.41, 5.74) is 4.35. The molecule has 0 bridgehead atoms. The topological polar surface area (TPSA) is 12.4 Å². The van der Waals surface area contributed by atoms with Gasteiger partial charge in [0, 0.05) is 11.2 Å². The minimum absolute atomic E-state index is 0.723. The third-order valence-corrected chi connectivity index (χ3v) is 2.69. The largest absolute Gasteiger partial charge is 0.256 e. The Hall–Kier alpha value is -1.60. The molecule has 0 N–H and O–H groups in total. The zero-order valence-electron chi connectivity index (χ0n) is 9.94. The summed E-state index contributed by atoms with van der Waals surface area (Å²) in [6, 6.07) is 14.0. The second-order valence-electron chi connectivity index (χ2n) is 4.16. The van der Waals surface area contributed by atoms with E-state index in [1.54, 1.807) is 0 Å². The number of rotatable bonds is 2. The fourth-order valence-electron chi connectivity index (χ4n) is 1.59. The highest BCUT2D eigenvalue weighted by Gasteiger charge is 1.94. The van der Waals surface area contributed by atoms with Crippen LogP contribution in [0.2, 0.25) is 5.02 Å². The molecule has 86 valence electrons. The fourth-order valence-corrected chi connectivity index (χ4v) is 1.88. The monoisotopic (exact) mass is 243 g/mol. The summed E-state index contributed by atoms with van der Waals surface area (Å²) in [5, 5.41) is 0.723. The number of hydrogen-bond acceptors (Lipinski definition) is 1. The molecule has 0 aromatic heterocycles. The molecule has 0 amide bonds. The smallest absolute Gasteiger partial charge is 0.0647 e. The van der Waals surface area contributed by atoms with E-state index in [0.29, 0.717) is 0 Å². The van der Waals surface area contributed by atoms with Crippen molar-refractivity contribution in [2.24, 2.45) is 4.99 Å². The highest BCUT2D eigenvalue weighted by molar-refractivity contribution is 6.30. The minimum atomic E-state index is 0.723. The lowest BCUT2D eigenvalue weighted by Crippen LogP contribution is -1.81. The van der Waals surface area contributed by atoms with Gasteiger partial charge in [0.2, 0.25) is 0 Å². The normalized spacial score (nSPS) is 11.0. The Kier molecular flexibility index (Phi) is 3.60. The molecule has 0 heterocycles. The summed E-state index contributed by atoms with van der Waals surface area (Å²) in [6.45, 7) is 4.08. The molecule has 0 radical (unpaired) electrons. The molecule has 2 heteroatoms. The van der Waals surface area contributed by atoms with Crippen LogP contribution in [0, 0.1) is 13.8 Å². The van der Waals surface area contributed by atoms with Gasteiger partial charge < -0.3 is 0 Å². The summed E-state index contributed by atoms with van der Waals surface area (Å²) in [4.78, 5) is 4.42. The van der Waals surface area contributed by atoms with Crippen LogP contribution in [-0.4, -0.2) is 6.21 Å². The van der Waals surface area contributed by atoms with Gasteiger partial charge >= 0.3 is 0 Å². The Bertz CT molecular complexity index is 521.